The van der Waals surface area contributed by atoms with Crippen molar-refractivity contribution >= 4 is 27.7 Å². The first-order valence-electron chi connectivity index (χ1n) is 9.79. The fourth-order valence-electron chi connectivity index (χ4n) is 3.82. The van der Waals surface area contributed by atoms with E-state index in [1.807, 2.05) is 11.8 Å². The highest BCUT2D eigenvalue weighted by Crippen LogP contribution is 2.28. The minimum Gasteiger partial charge on any atom is -0.342 e. The molecule has 1 saturated heterocycles. The van der Waals surface area contributed by atoms with Gasteiger partial charge in [-0.3, -0.25) is 4.79 Å². The molecule has 6 nitrogen and oxygen atoms in total. The van der Waals surface area contributed by atoms with E-state index >= 15 is 0 Å². The molecule has 27 heavy (non-hydrogen) atoms. The fourth-order valence-corrected chi connectivity index (χ4v) is 6.06. The van der Waals surface area contributed by atoms with Gasteiger partial charge in [0.1, 0.15) is 4.90 Å². The number of amides is 1. The van der Waals surface area contributed by atoms with Gasteiger partial charge in [0.2, 0.25) is 15.9 Å². The normalized spacial score (nSPS) is 20.2. The van der Waals surface area contributed by atoms with E-state index in [4.69, 9.17) is 0 Å². The number of pyridine rings is 1. The molecule has 1 aromatic heterocycles. The van der Waals surface area contributed by atoms with Crippen molar-refractivity contribution in [1.29, 1.82) is 0 Å². The van der Waals surface area contributed by atoms with Crippen LogP contribution in [0.4, 0.5) is 0 Å². The van der Waals surface area contributed by atoms with Gasteiger partial charge in [-0.05, 0) is 44.7 Å². The molecule has 1 amide bonds. The van der Waals surface area contributed by atoms with Crippen LogP contribution in [0.3, 0.4) is 0 Å². The summed E-state index contributed by atoms with van der Waals surface area (Å²) in [5, 5.41) is 0.456. The second-order valence-corrected chi connectivity index (χ2v) is 10.8. The molecule has 0 radical (unpaired) electrons. The largest absolute Gasteiger partial charge is 0.342 e. The number of carbonyl (C=O) groups excluding carboxylic acids is 1. The molecule has 8 heteroatoms. The molecule has 2 fully saturated rings. The van der Waals surface area contributed by atoms with E-state index in [0.29, 0.717) is 5.03 Å². The van der Waals surface area contributed by atoms with Gasteiger partial charge in [0.15, 0.2) is 0 Å². The molecule has 0 bridgehead atoms. The number of likely N-dealkylation sites (tertiary alicyclic amines) is 1. The molecule has 3 rings (SSSR count). The summed E-state index contributed by atoms with van der Waals surface area (Å²) in [6.07, 6.45) is 8.77. The molecule has 1 aromatic rings. The van der Waals surface area contributed by atoms with Gasteiger partial charge in [-0.1, -0.05) is 31.0 Å². The molecule has 1 atom stereocenters. The Morgan fingerprint density at radius 3 is 2.44 bits per heavy atom. The Morgan fingerprint density at radius 1 is 1.19 bits per heavy atom. The number of thioether (sulfide) groups is 1. The number of aromatic nitrogens is 1. The van der Waals surface area contributed by atoms with Crippen LogP contribution in [0.15, 0.2) is 28.3 Å². The van der Waals surface area contributed by atoms with E-state index in [0.717, 1.165) is 51.6 Å². The Hall–Kier alpha value is -1.12. The molecule has 0 spiro atoms. The van der Waals surface area contributed by atoms with Crippen LogP contribution in [0.25, 0.3) is 0 Å². The summed E-state index contributed by atoms with van der Waals surface area (Å²) in [6.45, 7) is 3.55. The summed E-state index contributed by atoms with van der Waals surface area (Å²) >= 11 is 1.38. The highest BCUT2D eigenvalue weighted by molar-refractivity contribution is 8.00. The van der Waals surface area contributed by atoms with Crippen LogP contribution >= 0.6 is 11.8 Å². The summed E-state index contributed by atoms with van der Waals surface area (Å²) in [4.78, 5) is 18.8. The zero-order chi connectivity index (χ0) is 19.4. The average molecular weight is 412 g/mol. The summed E-state index contributed by atoms with van der Waals surface area (Å²) in [7, 11) is -1.86. The number of nitrogens with zero attached hydrogens (tertiary/aromatic N) is 3. The smallest absolute Gasteiger partial charge is 0.244 e. The SMILES string of the molecule is C[C@H](Sc1ccc(S(=O)(=O)N(C)C2CCCCC2)cn1)C(=O)N1CCCC1. The standard InChI is InChI=1S/C19H29N3O3S2/c1-15(19(23)22-12-6-7-13-22)26-18-11-10-17(14-20-18)27(24,25)21(2)16-8-4-3-5-9-16/h10-11,14-16H,3-9,12-13H2,1-2H3/t15-/m0/s1. The van der Waals surface area contributed by atoms with Gasteiger partial charge in [-0.15, -0.1) is 0 Å². The molecular formula is C19H29N3O3S2. The minimum absolute atomic E-state index is 0.0795. The van der Waals surface area contributed by atoms with E-state index in [1.54, 1.807) is 19.2 Å². The Morgan fingerprint density at radius 2 is 1.85 bits per heavy atom. The first kappa shape index (κ1) is 20.6. The lowest BCUT2D eigenvalue weighted by Gasteiger charge is -2.30. The lowest BCUT2D eigenvalue weighted by Crippen LogP contribution is -2.38. The maximum Gasteiger partial charge on any atom is 0.244 e. The van der Waals surface area contributed by atoms with Crippen molar-refractivity contribution in [1.82, 2.24) is 14.2 Å². The van der Waals surface area contributed by atoms with E-state index in [1.165, 1.54) is 28.7 Å². The Balaban J connectivity index is 1.64. The second-order valence-electron chi connectivity index (χ2n) is 7.44. The maximum absolute atomic E-state index is 12.9. The molecule has 1 saturated carbocycles. The Kier molecular flexibility index (Phi) is 6.81. The van der Waals surface area contributed by atoms with Crippen LogP contribution in [0.5, 0.6) is 0 Å². The first-order chi connectivity index (χ1) is 12.9. The Labute approximate surface area is 166 Å². The average Bonchev–Trinajstić information content (AvgIpc) is 3.22. The highest BCUT2D eigenvalue weighted by atomic mass is 32.2. The molecule has 2 aliphatic rings. The number of hydrogen-bond acceptors (Lipinski definition) is 5. The zero-order valence-electron chi connectivity index (χ0n) is 16.1. The third-order valence-electron chi connectivity index (χ3n) is 5.54. The van der Waals surface area contributed by atoms with Crippen molar-refractivity contribution in [2.45, 2.75) is 73.1 Å². The topological polar surface area (TPSA) is 70.6 Å². The number of carbonyl (C=O) groups is 1. The van der Waals surface area contributed by atoms with Crippen LogP contribution in [0.1, 0.15) is 51.9 Å². The summed E-state index contributed by atoms with van der Waals surface area (Å²) < 4.78 is 27.2. The van der Waals surface area contributed by atoms with Gasteiger partial charge in [0.25, 0.3) is 0 Å². The summed E-state index contributed by atoms with van der Waals surface area (Å²) in [5.41, 5.74) is 0. The van der Waals surface area contributed by atoms with Crippen LogP contribution in [-0.2, 0) is 14.8 Å². The van der Waals surface area contributed by atoms with Crippen LogP contribution in [0, 0.1) is 0 Å². The van der Waals surface area contributed by atoms with Gasteiger partial charge in [0.05, 0.1) is 10.3 Å². The number of rotatable bonds is 6. The molecule has 0 aromatic carbocycles. The summed E-state index contributed by atoms with van der Waals surface area (Å²) in [5.74, 6) is 0.132. The van der Waals surface area contributed by atoms with Gasteiger partial charge >= 0.3 is 0 Å². The van der Waals surface area contributed by atoms with Crippen LogP contribution < -0.4 is 0 Å². The predicted octanol–water partition coefficient (Wildman–Crippen LogP) is 3.14. The minimum atomic E-state index is -3.53. The molecule has 1 aliphatic carbocycles. The maximum atomic E-state index is 12.9. The third-order valence-corrected chi connectivity index (χ3v) is 8.47. The van der Waals surface area contributed by atoms with Crippen LogP contribution in [0.2, 0.25) is 0 Å². The summed E-state index contributed by atoms with van der Waals surface area (Å²) in [6, 6.07) is 3.40. The molecule has 2 heterocycles. The lowest BCUT2D eigenvalue weighted by molar-refractivity contribution is -0.129. The molecule has 0 N–H and O–H groups in total. The van der Waals surface area contributed by atoms with Gasteiger partial charge < -0.3 is 4.90 Å². The number of hydrogen-bond donors (Lipinski definition) is 0. The van der Waals surface area contributed by atoms with E-state index in [9.17, 15) is 13.2 Å². The van der Waals surface area contributed by atoms with E-state index in [-0.39, 0.29) is 22.1 Å². The molecule has 150 valence electrons. The zero-order valence-corrected chi connectivity index (χ0v) is 17.8. The lowest BCUT2D eigenvalue weighted by atomic mass is 9.96. The molecule has 0 unspecified atom stereocenters. The quantitative estimate of drug-likeness (QED) is 0.673. The first-order valence-corrected chi connectivity index (χ1v) is 12.1. The molecule has 1 aliphatic heterocycles. The highest BCUT2D eigenvalue weighted by Gasteiger charge is 2.29. The van der Waals surface area contributed by atoms with Crippen molar-refractivity contribution in [2.24, 2.45) is 0 Å². The van der Waals surface area contributed by atoms with E-state index in [2.05, 4.69) is 4.98 Å². The second kappa shape index (κ2) is 8.92. The number of sulfonamides is 1. The monoisotopic (exact) mass is 411 g/mol. The van der Waals surface area contributed by atoms with Gasteiger partial charge in [0, 0.05) is 32.4 Å². The Bertz CT molecular complexity index is 740. The van der Waals surface area contributed by atoms with Crippen molar-refractivity contribution in [3.63, 3.8) is 0 Å². The van der Waals surface area contributed by atoms with Crippen molar-refractivity contribution in [3.05, 3.63) is 18.3 Å². The predicted molar refractivity (Wildman–Crippen MR) is 107 cm³/mol. The fraction of sp³-hybridized carbons (Fsp3) is 0.684. The third kappa shape index (κ3) is 4.84. The van der Waals surface area contributed by atoms with Crippen molar-refractivity contribution < 1.29 is 13.2 Å². The van der Waals surface area contributed by atoms with Crippen LogP contribution in [-0.4, -0.2) is 59.9 Å². The van der Waals surface area contributed by atoms with E-state index < -0.39 is 10.0 Å². The van der Waals surface area contributed by atoms with Gasteiger partial charge in [-0.25, -0.2) is 13.4 Å². The molecular weight excluding hydrogens is 382 g/mol. The van der Waals surface area contributed by atoms with Crippen molar-refractivity contribution in [2.75, 3.05) is 20.1 Å². The van der Waals surface area contributed by atoms with Crippen molar-refractivity contribution in [3.8, 4) is 0 Å². The van der Waals surface area contributed by atoms with Gasteiger partial charge in [-0.2, -0.15) is 4.31 Å².